The standard InChI is InChI=1S/C12H23NO5/c1-7(10(15)17-9(3)8(2)14)13-11(16)18-12(4,5)6/h7-9,14H,1-6H3,(H,13,16). The van der Waals surface area contributed by atoms with Crippen LogP contribution in [0.15, 0.2) is 0 Å². The minimum Gasteiger partial charge on any atom is -0.458 e. The molecule has 0 radical (unpaired) electrons. The molecule has 0 aliphatic carbocycles. The summed E-state index contributed by atoms with van der Waals surface area (Å²) in [6, 6.07) is -0.832. The molecule has 0 spiro atoms. The summed E-state index contributed by atoms with van der Waals surface area (Å²) in [6.07, 6.45) is -2.07. The van der Waals surface area contributed by atoms with Gasteiger partial charge in [0.1, 0.15) is 17.7 Å². The van der Waals surface area contributed by atoms with E-state index in [4.69, 9.17) is 9.47 Å². The summed E-state index contributed by atoms with van der Waals surface area (Å²) in [6.45, 7) is 9.76. The van der Waals surface area contributed by atoms with Crippen molar-refractivity contribution in [3.63, 3.8) is 0 Å². The van der Waals surface area contributed by atoms with Crippen molar-refractivity contribution in [3.05, 3.63) is 0 Å². The summed E-state index contributed by atoms with van der Waals surface area (Å²) >= 11 is 0. The molecule has 0 saturated heterocycles. The molecule has 0 heterocycles. The molecule has 0 bridgehead atoms. The molecular formula is C12H23NO5. The third-order valence-corrected chi connectivity index (χ3v) is 2.07. The number of aliphatic hydroxyl groups is 1. The van der Waals surface area contributed by atoms with Crippen LogP contribution in [0.25, 0.3) is 0 Å². The SMILES string of the molecule is CC(NC(=O)OC(C)(C)C)C(=O)OC(C)C(C)O. The highest BCUT2D eigenvalue weighted by Gasteiger charge is 2.24. The van der Waals surface area contributed by atoms with Crippen LogP contribution in [0.1, 0.15) is 41.5 Å². The maximum Gasteiger partial charge on any atom is 0.408 e. The van der Waals surface area contributed by atoms with E-state index in [-0.39, 0.29) is 0 Å². The summed E-state index contributed by atoms with van der Waals surface area (Å²) in [7, 11) is 0. The van der Waals surface area contributed by atoms with Gasteiger partial charge in [-0.3, -0.25) is 0 Å². The molecule has 3 unspecified atom stereocenters. The van der Waals surface area contributed by atoms with Crippen molar-refractivity contribution in [1.82, 2.24) is 5.32 Å². The molecular weight excluding hydrogens is 238 g/mol. The molecule has 3 atom stereocenters. The van der Waals surface area contributed by atoms with Crippen molar-refractivity contribution in [2.24, 2.45) is 0 Å². The highest BCUT2D eigenvalue weighted by molar-refractivity contribution is 5.81. The lowest BCUT2D eigenvalue weighted by Gasteiger charge is -2.22. The third-order valence-electron chi connectivity index (χ3n) is 2.07. The van der Waals surface area contributed by atoms with Crippen LogP contribution in [-0.2, 0) is 14.3 Å². The Hall–Kier alpha value is -1.30. The van der Waals surface area contributed by atoms with E-state index in [0.717, 1.165) is 0 Å². The number of nitrogens with one attached hydrogen (secondary N) is 1. The minimum absolute atomic E-state index is 0.616. The highest BCUT2D eigenvalue weighted by atomic mass is 16.6. The summed E-state index contributed by atoms with van der Waals surface area (Å²) in [5.74, 6) is -0.616. The lowest BCUT2D eigenvalue weighted by Crippen LogP contribution is -2.44. The molecule has 0 aromatic heterocycles. The Balaban J connectivity index is 4.20. The summed E-state index contributed by atoms with van der Waals surface area (Å²) < 4.78 is 9.95. The van der Waals surface area contributed by atoms with Crippen LogP contribution in [0.5, 0.6) is 0 Å². The topological polar surface area (TPSA) is 84.9 Å². The van der Waals surface area contributed by atoms with E-state index >= 15 is 0 Å². The van der Waals surface area contributed by atoms with E-state index in [1.165, 1.54) is 13.8 Å². The van der Waals surface area contributed by atoms with Gasteiger partial charge in [0.05, 0.1) is 6.10 Å². The first-order valence-electron chi connectivity index (χ1n) is 5.91. The quantitative estimate of drug-likeness (QED) is 0.743. The third kappa shape index (κ3) is 7.11. The number of ether oxygens (including phenoxy) is 2. The van der Waals surface area contributed by atoms with E-state index in [9.17, 15) is 14.7 Å². The zero-order chi connectivity index (χ0) is 14.5. The first-order chi connectivity index (χ1) is 8.03. The average molecular weight is 261 g/mol. The van der Waals surface area contributed by atoms with Gasteiger partial charge in [-0.1, -0.05) is 0 Å². The molecule has 6 nitrogen and oxygen atoms in total. The molecule has 0 aromatic carbocycles. The zero-order valence-corrected chi connectivity index (χ0v) is 11.8. The molecule has 0 fully saturated rings. The number of esters is 1. The van der Waals surface area contributed by atoms with E-state index in [0.29, 0.717) is 0 Å². The van der Waals surface area contributed by atoms with Crippen molar-refractivity contribution in [2.75, 3.05) is 0 Å². The van der Waals surface area contributed by atoms with Gasteiger partial charge in [-0.2, -0.15) is 0 Å². The lowest BCUT2D eigenvalue weighted by atomic mass is 10.2. The molecule has 18 heavy (non-hydrogen) atoms. The van der Waals surface area contributed by atoms with Gasteiger partial charge in [0, 0.05) is 0 Å². The predicted molar refractivity (Wildman–Crippen MR) is 66.1 cm³/mol. The maximum atomic E-state index is 11.6. The Morgan fingerprint density at radius 2 is 1.67 bits per heavy atom. The fourth-order valence-corrected chi connectivity index (χ4v) is 0.927. The summed E-state index contributed by atoms with van der Waals surface area (Å²) in [5, 5.41) is 11.6. The van der Waals surface area contributed by atoms with Gasteiger partial charge in [0.2, 0.25) is 0 Å². The molecule has 0 aromatic rings. The van der Waals surface area contributed by atoms with Gasteiger partial charge < -0.3 is 19.9 Å². The largest absolute Gasteiger partial charge is 0.458 e. The predicted octanol–water partition coefficient (Wildman–Crippen LogP) is 1.21. The number of hydrogen-bond donors (Lipinski definition) is 2. The Labute approximate surface area is 108 Å². The van der Waals surface area contributed by atoms with Crippen molar-refractivity contribution in [2.45, 2.75) is 65.4 Å². The second kappa shape index (κ2) is 6.58. The van der Waals surface area contributed by atoms with Crippen LogP contribution < -0.4 is 5.32 Å². The van der Waals surface area contributed by atoms with Crippen LogP contribution in [0.4, 0.5) is 4.79 Å². The number of carbonyl (C=O) groups is 2. The summed E-state index contributed by atoms with van der Waals surface area (Å²) in [4.78, 5) is 23.0. The van der Waals surface area contributed by atoms with Crippen LogP contribution >= 0.6 is 0 Å². The van der Waals surface area contributed by atoms with E-state index < -0.39 is 35.9 Å². The molecule has 1 amide bonds. The lowest BCUT2D eigenvalue weighted by molar-refractivity contribution is -0.155. The van der Waals surface area contributed by atoms with Crippen molar-refractivity contribution < 1.29 is 24.2 Å². The Bertz CT molecular complexity index is 295. The fraction of sp³-hybridized carbons (Fsp3) is 0.833. The molecule has 6 heteroatoms. The molecule has 2 N–H and O–H groups in total. The molecule has 0 rings (SSSR count). The number of rotatable bonds is 4. The second-order valence-electron chi connectivity index (χ2n) is 5.25. The maximum absolute atomic E-state index is 11.6. The van der Waals surface area contributed by atoms with E-state index in [1.54, 1.807) is 27.7 Å². The van der Waals surface area contributed by atoms with Crippen molar-refractivity contribution in [1.29, 1.82) is 0 Å². The van der Waals surface area contributed by atoms with Gasteiger partial charge in [-0.05, 0) is 41.5 Å². The van der Waals surface area contributed by atoms with Crippen LogP contribution in [-0.4, -0.2) is 41.0 Å². The smallest absolute Gasteiger partial charge is 0.408 e. The van der Waals surface area contributed by atoms with Crippen LogP contribution in [0, 0.1) is 0 Å². The molecule has 0 saturated carbocycles. The second-order valence-corrected chi connectivity index (χ2v) is 5.25. The fourth-order valence-electron chi connectivity index (χ4n) is 0.927. The average Bonchev–Trinajstić information content (AvgIpc) is 2.13. The number of carbonyl (C=O) groups excluding carboxylic acids is 2. The van der Waals surface area contributed by atoms with Gasteiger partial charge in [0.25, 0.3) is 0 Å². The van der Waals surface area contributed by atoms with E-state index in [2.05, 4.69) is 5.32 Å². The van der Waals surface area contributed by atoms with Gasteiger partial charge in [0.15, 0.2) is 0 Å². The first kappa shape index (κ1) is 16.7. The number of hydrogen-bond acceptors (Lipinski definition) is 5. The van der Waals surface area contributed by atoms with Crippen molar-refractivity contribution in [3.8, 4) is 0 Å². The number of amides is 1. The Morgan fingerprint density at radius 3 is 2.06 bits per heavy atom. The van der Waals surface area contributed by atoms with Gasteiger partial charge in [-0.15, -0.1) is 0 Å². The molecule has 0 aliphatic rings. The van der Waals surface area contributed by atoms with Crippen LogP contribution in [0.2, 0.25) is 0 Å². The number of alkyl carbamates (subject to hydrolysis) is 1. The monoisotopic (exact) mass is 261 g/mol. The van der Waals surface area contributed by atoms with Gasteiger partial charge >= 0.3 is 12.1 Å². The van der Waals surface area contributed by atoms with Gasteiger partial charge in [-0.25, -0.2) is 9.59 Å². The van der Waals surface area contributed by atoms with E-state index in [1.807, 2.05) is 0 Å². The molecule has 106 valence electrons. The highest BCUT2D eigenvalue weighted by Crippen LogP contribution is 2.07. The minimum atomic E-state index is -0.832. The Kier molecular flexibility index (Phi) is 6.11. The van der Waals surface area contributed by atoms with Crippen molar-refractivity contribution >= 4 is 12.1 Å². The Morgan fingerprint density at radius 1 is 1.17 bits per heavy atom. The zero-order valence-electron chi connectivity index (χ0n) is 11.8. The van der Waals surface area contributed by atoms with Crippen LogP contribution in [0.3, 0.4) is 0 Å². The first-order valence-corrected chi connectivity index (χ1v) is 5.91. The molecule has 0 aliphatic heterocycles. The summed E-state index contributed by atoms with van der Waals surface area (Å²) in [5.41, 5.74) is -0.624. The normalized spacial score (nSPS) is 16.4. The number of aliphatic hydroxyl groups excluding tert-OH is 1.